The molecule has 0 radical (unpaired) electrons. The summed E-state index contributed by atoms with van der Waals surface area (Å²) in [4.78, 5) is 10.9. The SMILES string of the molecule is O=C1CCC(CNCc2ccc(Br)o2)N1. The minimum atomic E-state index is 0.155. The van der Waals surface area contributed by atoms with Gasteiger partial charge in [-0.15, -0.1) is 0 Å². The highest BCUT2D eigenvalue weighted by atomic mass is 79.9. The summed E-state index contributed by atoms with van der Waals surface area (Å²) in [5.74, 6) is 1.05. The summed E-state index contributed by atoms with van der Waals surface area (Å²) in [7, 11) is 0. The van der Waals surface area contributed by atoms with E-state index in [-0.39, 0.29) is 11.9 Å². The van der Waals surface area contributed by atoms with Crippen LogP contribution in [0.4, 0.5) is 0 Å². The number of carbonyl (C=O) groups excluding carboxylic acids is 1. The van der Waals surface area contributed by atoms with Crippen molar-refractivity contribution in [3.05, 3.63) is 22.6 Å². The van der Waals surface area contributed by atoms with Crippen LogP contribution in [0.1, 0.15) is 18.6 Å². The molecule has 2 N–H and O–H groups in total. The molecule has 0 aliphatic carbocycles. The molecule has 1 aliphatic heterocycles. The van der Waals surface area contributed by atoms with Crippen molar-refractivity contribution in [2.24, 2.45) is 0 Å². The van der Waals surface area contributed by atoms with Gasteiger partial charge >= 0.3 is 0 Å². The van der Waals surface area contributed by atoms with E-state index >= 15 is 0 Å². The van der Waals surface area contributed by atoms with Crippen LogP contribution in [0.5, 0.6) is 0 Å². The van der Waals surface area contributed by atoms with E-state index in [1.54, 1.807) is 0 Å². The number of hydrogen-bond acceptors (Lipinski definition) is 3. The Bertz CT molecular complexity index is 351. The van der Waals surface area contributed by atoms with Crippen LogP contribution in [0.2, 0.25) is 0 Å². The third kappa shape index (κ3) is 3.07. The van der Waals surface area contributed by atoms with E-state index < -0.39 is 0 Å². The van der Waals surface area contributed by atoms with E-state index in [4.69, 9.17) is 4.42 Å². The van der Waals surface area contributed by atoms with Crippen molar-refractivity contribution < 1.29 is 9.21 Å². The van der Waals surface area contributed by atoms with Crippen molar-refractivity contribution in [2.75, 3.05) is 6.54 Å². The second kappa shape index (κ2) is 4.81. The van der Waals surface area contributed by atoms with Crippen molar-refractivity contribution in [3.63, 3.8) is 0 Å². The molecule has 0 aromatic carbocycles. The minimum absolute atomic E-state index is 0.155. The average Bonchev–Trinajstić information content (AvgIpc) is 2.76. The van der Waals surface area contributed by atoms with Gasteiger partial charge in [0.05, 0.1) is 6.54 Å². The number of nitrogens with one attached hydrogen (secondary N) is 2. The van der Waals surface area contributed by atoms with Crippen LogP contribution in [0.3, 0.4) is 0 Å². The maximum Gasteiger partial charge on any atom is 0.220 e. The lowest BCUT2D eigenvalue weighted by molar-refractivity contribution is -0.119. The number of hydrogen-bond donors (Lipinski definition) is 2. The Hall–Kier alpha value is -0.810. The molecule has 4 nitrogen and oxygen atoms in total. The van der Waals surface area contributed by atoms with Crippen LogP contribution in [0, 0.1) is 0 Å². The first kappa shape index (κ1) is 10.7. The van der Waals surface area contributed by atoms with E-state index in [9.17, 15) is 4.79 Å². The number of carbonyl (C=O) groups is 1. The first-order chi connectivity index (χ1) is 7.24. The molecule has 2 rings (SSSR count). The Morgan fingerprint density at radius 3 is 3.07 bits per heavy atom. The zero-order valence-electron chi connectivity index (χ0n) is 8.25. The van der Waals surface area contributed by atoms with Crippen molar-refractivity contribution in [1.29, 1.82) is 0 Å². The molecule has 1 fully saturated rings. The number of amides is 1. The summed E-state index contributed by atoms with van der Waals surface area (Å²) in [5.41, 5.74) is 0. The average molecular weight is 273 g/mol. The van der Waals surface area contributed by atoms with Gasteiger partial charge in [-0.1, -0.05) is 0 Å². The summed E-state index contributed by atoms with van der Waals surface area (Å²) in [5, 5.41) is 6.15. The smallest absolute Gasteiger partial charge is 0.220 e. The topological polar surface area (TPSA) is 54.3 Å². The van der Waals surface area contributed by atoms with Gasteiger partial charge in [-0.25, -0.2) is 0 Å². The molecule has 82 valence electrons. The largest absolute Gasteiger partial charge is 0.453 e. The van der Waals surface area contributed by atoms with Gasteiger partial charge < -0.3 is 15.1 Å². The standard InChI is InChI=1S/C10H13BrN2O2/c11-9-3-2-8(15-9)6-12-5-7-1-4-10(14)13-7/h2-3,7,12H,1,4-6H2,(H,13,14). The van der Waals surface area contributed by atoms with Crippen molar-refractivity contribution in [2.45, 2.75) is 25.4 Å². The second-order valence-electron chi connectivity index (χ2n) is 3.64. The highest BCUT2D eigenvalue weighted by Gasteiger charge is 2.19. The Labute approximate surface area is 96.5 Å². The van der Waals surface area contributed by atoms with Crippen LogP contribution in [-0.4, -0.2) is 18.5 Å². The maximum absolute atomic E-state index is 10.9. The van der Waals surface area contributed by atoms with Crippen LogP contribution in [-0.2, 0) is 11.3 Å². The molecule has 0 bridgehead atoms. The van der Waals surface area contributed by atoms with E-state index in [0.717, 1.165) is 23.4 Å². The quantitative estimate of drug-likeness (QED) is 0.872. The van der Waals surface area contributed by atoms with Crippen molar-refractivity contribution in [1.82, 2.24) is 10.6 Å². The molecule has 1 amide bonds. The lowest BCUT2D eigenvalue weighted by atomic mass is 10.2. The zero-order valence-corrected chi connectivity index (χ0v) is 9.84. The molecular weight excluding hydrogens is 260 g/mol. The van der Waals surface area contributed by atoms with Gasteiger partial charge in [0, 0.05) is 19.0 Å². The molecule has 5 heteroatoms. The van der Waals surface area contributed by atoms with E-state index in [0.29, 0.717) is 13.0 Å². The molecule has 1 unspecified atom stereocenters. The summed E-state index contributed by atoms with van der Waals surface area (Å²) >= 11 is 3.25. The Balaban J connectivity index is 1.69. The third-order valence-electron chi connectivity index (χ3n) is 2.40. The van der Waals surface area contributed by atoms with Crippen LogP contribution >= 0.6 is 15.9 Å². The molecule has 15 heavy (non-hydrogen) atoms. The monoisotopic (exact) mass is 272 g/mol. The molecule has 2 heterocycles. The summed E-state index contributed by atoms with van der Waals surface area (Å²) in [6.07, 6.45) is 1.58. The molecule has 1 aromatic heterocycles. The number of rotatable bonds is 4. The summed E-state index contributed by atoms with van der Waals surface area (Å²) < 4.78 is 6.08. The van der Waals surface area contributed by atoms with E-state index in [2.05, 4.69) is 26.6 Å². The van der Waals surface area contributed by atoms with Gasteiger partial charge in [0.25, 0.3) is 0 Å². The van der Waals surface area contributed by atoms with Crippen molar-refractivity contribution >= 4 is 21.8 Å². The highest BCUT2D eigenvalue weighted by Crippen LogP contribution is 2.13. The lowest BCUT2D eigenvalue weighted by Crippen LogP contribution is -2.35. The van der Waals surface area contributed by atoms with Crippen LogP contribution in [0.25, 0.3) is 0 Å². The molecule has 1 saturated heterocycles. The Morgan fingerprint density at radius 1 is 1.60 bits per heavy atom. The summed E-state index contributed by atoms with van der Waals surface area (Å²) in [6.45, 7) is 1.49. The summed E-state index contributed by atoms with van der Waals surface area (Å²) in [6, 6.07) is 4.06. The fourth-order valence-corrected chi connectivity index (χ4v) is 1.99. The molecular formula is C10H13BrN2O2. The normalized spacial score (nSPS) is 20.6. The van der Waals surface area contributed by atoms with Gasteiger partial charge in [-0.3, -0.25) is 4.79 Å². The predicted molar refractivity (Wildman–Crippen MR) is 59.3 cm³/mol. The maximum atomic E-state index is 10.9. The molecule has 0 spiro atoms. The lowest BCUT2D eigenvalue weighted by Gasteiger charge is -2.09. The van der Waals surface area contributed by atoms with E-state index in [1.807, 2.05) is 12.1 Å². The van der Waals surface area contributed by atoms with Gasteiger partial charge in [0.1, 0.15) is 5.76 Å². The first-order valence-corrected chi connectivity index (χ1v) is 5.77. The number of halogens is 1. The van der Waals surface area contributed by atoms with E-state index in [1.165, 1.54) is 0 Å². The van der Waals surface area contributed by atoms with Crippen LogP contribution in [0.15, 0.2) is 21.2 Å². The van der Waals surface area contributed by atoms with Gasteiger partial charge in [-0.2, -0.15) is 0 Å². The van der Waals surface area contributed by atoms with Gasteiger partial charge in [-0.05, 0) is 34.5 Å². The Kier molecular flexibility index (Phi) is 3.43. The van der Waals surface area contributed by atoms with Gasteiger partial charge in [0.15, 0.2) is 4.67 Å². The predicted octanol–water partition coefficient (Wildman–Crippen LogP) is 1.41. The van der Waals surface area contributed by atoms with Crippen LogP contribution < -0.4 is 10.6 Å². The fourth-order valence-electron chi connectivity index (χ4n) is 1.65. The van der Waals surface area contributed by atoms with Gasteiger partial charge in [0.2, 0.25) is 5.91 Å². The fraction of sp³-hybridized carbons (Fsp3) is 0.500. The molecule has 1 atom stereocenters. The Morgan fingerprint density at radius 2 is 2.47 bits per heavy atom. The first-order valence-electron chi connectivity index (χ1n) is 4.98. The van der Waals surface area contributed by atoms with Crippen molar-refractivity contribution in [3.8, 4) is 0 Å². The molecule has 0 saturated carbocycles. The third-order valence-corrected chi connectivity index (χ3v) is 2.83. The number of furan rings is 1. The molecule has 1 aromatic rings. The highest BCUT2D eigenvalue weighted by molar-refractivity contribution is 9.10. The minimum Gasteiger partial charge on any atom is -0.453 e. The second-order valence-corrected chi connectivity index (χ2v) is 4.42. The zero-order chi connectivity index (χ0) is 10.7. The molecule has 1 aliphatic rings.